The van der Waals surface area contributed by atoms with Gasteiger partial charge in [-0.1, -0.05) is 35.2 Å². The van der Waals surface area contributed by atoms with Crippen LogP contribution in [0, 0.1) is 13.8 Å². The molecule has 5 nitrogen and oxygen atoms in total. The monoisotopic (exact) mass is 376 g/mol. The van der Waals surface area contributed by atoms with Crippen LogP contribution in [0.5, 0.6) is 0 Å². The van der Waals surface area contributed by atoms with E-state index < -0.39 is 0 Å². The van der Waals surface area contributed by atoms with Gasteiger partial charge in [-0.2, -0.15) is 0 Å². The van der Waals surface area contributed by atoms with Gasteiger partial charge >= 0.3 is 0 Å². The van der Waals surface area contributed by atoms with E-state index in [1.807, 2.05) is 17.0 Å². The van der Waals surface area contributed by atoms with E-state index in [1.54, 1.807) is 0 Å². The maximum atomic E-state index is 12.4. The van der Waals surface area contributed by atoms with Crippen LogP contribution < -0.4 is 5.32 Å². The lowest BCUT2D eigenvalue weighted by Crippen LogP contribution is -2.42. The Bertz CT molecular complexity index is 746. The maximum Gasteiger partial charge on any atom is 0.233 e. The number of nitrogens with zero attached hydrogens (tertiary/aromatic N) is 3. The molecule has 25 heavy (non-hydrogen) atoms. The quantitative estimate of drug-likeness (QED) is 0.784. The highest BCUT2D eigenvalue weighted by Crippen LogP contribution is 2.30. The van der Waals surface area contributed by atoms with E-state index in [0.717, 1.165) is 34.5 Å². The van der Waals surface area contributed by atoms with E-state index in [0.29, 0.717) is 11.8 Å². The van der Waals surface area contributed by atoms with Crippen molar-refractivity contribution >= 4 is 39.8 Å². The Morgan fingerprint density at radius 3 is 3.00 bits per heavy atom. The van der Waals surface area contributed by atoms with E-state index in [2.05, 4.69) is 42.4 Å². The van der Waals surface area contributed by atoms with Crippen LogP contribution in [0.4, 0.5) is 10.8 Å². The second kappa shape index (κ2) is 8.19. The van der Waals surface area contributed by atoms with Crippen molar-refractivity contribution in [1.82, 2.24) is 15.1 Å². The predicted octanol–water partition coefficient (Wildman–Crippen LogP) is 4.39. The highest BCUT2D eigenvalue weighted by Gasteiger charge is 2.23. The van der Waals surface area contributed by atoms with Crippen molar-refractivity contribution in [3.05, 3.63) is 29.3 Å². The minimum atomic E-state index is 0.205. The van der Waals surface area contributed by atoms with Gasteiger partial charge in [-0.3, -0.25) is 4.79 Å². The third kappa shape index (κ3) is 4.52. The summed E-state index contributed by atoms with van der Waals surface area (Å²) in [7, 11) is 0. The van der Waals surface area contributed by atoms with Crippen molar-refractivity contribution in [2.24, 2.45) is 0 Å². The SMILES string of the molecule is Cc1cccc(Nc2nnc(SCC(=O)N3CCCC[C@@H]3C)s2)c1C. The zero-order valence-corrected chi connectivity index (χ0v) is 16.5. The number of anilines is 2. The van der Waals surface area contributed by atoms with Crippen LogP contribution in [-0.4, -0.2) is 39.3 Å². The second-order valence-electron chi connectivity index (χ2n) is 6.47. The number of nitrogens with one attached hydrogen (secondary N) is 1. The molecule has 1 aromatic carbocycles. The van der Waals surface area contributed by atoms with Gasteiger partial charge in [-0.15, -0.1) is 10.2 Å². The molecule has 134 valence electrons. The molecule has 0 saturated carbocycles. The van der Waals surface area contributed by atoms with Gasteiger partial charge in [0.1, 0.15) is 0 Å². The zero-order chi connectivity index (χ0) is 17.8. The van der Waals surface area contributed by atoms with E-state index >= 15 is 0 Å². The number of hydrogen-bond acceptors (Lipinski definition) is 6. The van der Waals surface area contributed by atoms with Crippen molar-refractivity contribution in [1.29, 1.82) is 0 Å². The molecule has 1 fully saturated rings. The zero-order valence-electron chi connectivity index (χ0n) is 14.9. The van der Waals surface area contributed by atoms with Crippen LogP contribution in [0.2, 0.25) is 0 Å². The van der Waals surface area contributed by atoms with Crippen LogP contribution in [0.25, 0.3) is 0 Å². The van der Waals surface area contributed by atoms with Crippen LogP contribution in [-0.2, 0) is 4.79 Å². The molecule has 0 bridgehead atoms. The molecular formula is C18H24N4OS2. The largest absolute Gasteiger partial charge is 0.339 e. The predicted molar refractivity (Wildman–Crippen MR) is 105 cm³/mol. The van der Waals surface area contributed by atoms with E-state index in [4.69, 9.17) is 0 Å². The lowest BCUT2D eigenvalue weighted by molar-refractivity contribution is -0.131. The number of carbonyl (C=O) groups is 1. The molecule has 0 radical (unpaired) electrons. The number of thioether (sulfide) groups is 1. The molecule has 1 aliphatic rings. The average molecular weight is 377 g/mol. The minimum absolute atomic E-state index is 0.205. The standard InChI is InChI=1S/C18H24N4OS2/c1-12-7-6-9-15(14(12)3)19-17-20-21-18(25-17)24-11-16(23)22-10-5-4-8-13(22)2/h6-7,9,13H,4-5,8,10-11H2,1-3H3,(H,19,20)/t13-/m0/s1. The Morgan fingerprint density at radius 1 is 1.36 bits per heavy atom. The number of aryl methyl sites for hydroxylation is 1. The van der Waals surface area contributed by atoms with Gasteiger partial charge in [-0.05, 0) is 57.2 Å². The molecule has 7 heteroatoms. The van der Waals surface area contributed by atoms with E-state index in [1.165, 1.54) is 40.6 Å². The Balaban J connectivity index is 1.56. The molecule has 0 aliphatic carbocycles. The average Bonchev–Trinajstić information content (AvgIpc) is 3.05. The molecule has 2 heterocycles. The molecule has 1 atom stereocenters. The number of amides is 1. The molecule has 1 amide bonds. The first kappa shape index (κ1) is 18.2. The molecule has 1 N–H and O–H groups in total. The second-order valence-corrected chi connectivity index (χ2v) is 8.67. The van der Waals surface area contributed by atoms with Crippen molar-refractivity contribution in [2.45, 2.75) is 50.4 Å². The van der Waals surface area contributed by atoms with Crippen LogP contribution in [0.3, 0.4) is 0 Å². The number of likely N-dealkylation sites (tertiary alicyclic amines) is 1. The maximum absolute atomic E-state index is 12.4. The molecule has 3 rings (SSSR count). The third-order valence-electron chi connectivity index (χ3n) is 4.70. The molecular weight excluding hydrogens is 352 g/mol. The number of aromatic nitrogens is 2. The molecule has 0 unspecified atom stereocenters. The highest BCUT2D eigenvalue weighted by molar-refractivity contribution is 8.01. The third-order valence-corrected chi connectivity index (χ3v) is 6.65. The fraction of sp³-hybridized carbons (Fsp3) is 0.500. The van der Waals surface area contributed by atoms with E-state index in [-0.39, 0.29) is 5.91 Å². The Kier molecular flexibility index (Phi) is 5.96. The fourth-order valence-electron chi connectivity index (χ4n) is 3.00. The Labute approximate surface area is 157 Å². The number of carbonyl (C=O) groups excluding carboxylic acids is 1. The van der Waals surface area contributed by atoms with E-state index in [9.17, 15) is 4.79 Å². The Hall–Kier alpha value is -1.60. The molecule has 1 saturated heterocycles. The van der Waals surface area contributed by atoms with Gasteiger partial charge in [0, 0.05) is 18.3 Å². The summed E-state index contributed by atoms with van der Waals surface area (Å²) in [4.78, 5) is 14.4. The number of rotatable bonds is 5. The molecule has 1 aliphatic heterocycles. The van der Waals surface area contributed by atoms with Gasteiger partial charge < -0.3 is 10.2 Å². The smallest absolute Gasteiger partial charge is 0.233 e. The summed E-state index contributed by atoms with van der Waals surface area (Å²) in [5.41, 5.74) is 3.50. The normalized spacial score (nSPS) is 17.6. The topological polar surface area (TPSA) is 58.1 Å². The van der Waals surface area contributed by atoms with Crippen molar-refractivity contribution in [3.63, 3.8) is 0 Å². The van der Waals surface area contributed by atoms with Gasteiger partial charge in [0.05, 0.1) is 5.75 Å². The highest BCUT2D eigenvalue weighted by atomic mass is 32.2. The summed E-state index contributed by atoms with van der Waals surface area (Å²) in [6.07, 6.45) is 3.45. The van der Waals surface area contributed by atoms with Crippen molar-refractivity contribution in [3.8, 4) is 0 Å². The molecule has 1 aromatic heterocycles. The molecule has 0 spiro atoms. The summed E-state index contributed by atoms with van der Waals surface area (Å²) >= 11 is 2.97. The summed E-state index contributed by atoms with van der Waals surface area (Å²) in [6.45, 7) is 7.21. The number of benzene rings is 1. The summed E-state index contributed by atoms with van der Waals surface area (Å²) < 4.78 is 0.825. The molecule has 2 aromatic rings. The first-order valence-corrected chi connectivity index (χ1v) is 10.4. The fourth-order valence-corrected chi connectivity index (χ4v) is 4.65. The first-order valence-electron chi connectivity index (χ1n) is 8.63. The first-order chi connectivity index (χ1) is 12.0. The lowest BCUT2D eigenvalue weighted by Gasteiger charge is -2.33. The summed E-state index contributed by atoms with van der Waals surface area (Å²) in [5.74, 6) is 0.638. The van der Waals surface area contributed by atoms with Crippen LogP contribution in [0.1, 0.15) is 37.3 Å². The van der Waals surface area contributed by atoms with Gasteiger partial charge in [0.2, 0.25) is 11.0 Å². The number of hydrogen-bond donors (Lipinski definition) is 1. The summed E-state index contributed by atoms with van der Waals surface area (Å²) in [5, 5.41) is 12.5. The lowest BCUT2D eigenvalue weighted by atomic mass is 10.0. The number of piperidine rings is 1. The minimum Gasteiger partial charge on any atom is -0.339 e. The van der Waals surface area contributed by atoms with Crippen LogP contribution >= 0.6 is 23.1 Å². The van der Waals surface area contributed by atoms with Gasteiger partial charge in [0.15, 0.2) is 4.34 Å². The van der Waals surface area contributed by atoms with Crippen molar-refractivity contribution < 1.29 is 4.79 Å². The van der Waals surface area contributed by atoms with Gasteiger partial charge in [-0.25, -0.2) is 0 Å². The van der Waals surface area contributed by atoms with Crippen LogP contribution in [0.15, 0.2) is 22.5 Å². The van der Waals surface area contributed by atoms with Gasteiger partial charge in [0.25, 0.3) is 0 Å². The Morgan fingerprint density at radius 2 is 2.20 bits per heavy atom. The van der Waals surface area contributed by atoms with Crippen molar-refractivity contribution in [2.75, 3.05) is 17.6 Å². The summed E-state index contributed by atoms with van der Waals surface area (Å²) in [6, 6.07) is 6.52.